The van der Waals surface area contributed by atoms with Crippen LogP contribution in [0.25, 0.3) is 6.08 Å². The van der Waals surface area contributed by atoms with Crippen LogP contribution in [0.4, 0.5) is 0 Å². The van der Waals surface area contributed by atoms with Gasteiger partial charge >= 0.3 is 0 Å². The Morgan fingerprint density at radius 2 is 1.80 bits per heavy atom. The van der Waals surface area contributed by atoms with Crippen molar-refractivity contribution in [2.24, 2.45) is 0 Å². The third-order valence-electron chi connectivity index (χ3n) is 2.60. The highest BCUT2D eigenvalue weighted by atomic mass is 79.9. The van der Waals surface area contributed by atoms with Crippen molar-refractivity contribution in [1.82, 2.24) is 0 Å². The fourth-order valence-corrected chi connectivity index (χ4v) is 3.24. The summed E-state index contributed by atoms with van der Waals surface area (Å²) in [5.74, 6) is 0. The molecule has 0 atom stereocenters. The fourth-order valence-electron chi connectivity index (χ4n) is 1.64. The smallest absolute Gasteiger partial charge is 0.216 e. The van der Waals surface area contributed by atoms with Crippen molar-refractivity contribution in [2.75, 3.05) is 0 Å². The van der Waals surface area contributed by atoms with Crippen LogP contribution >= 0.6 is 15.9 Å². The van der Waals surface area contributed by atoms with E-state index in [0.29, 0.717) is 5.56 Å². The van der Waals surface area contributed by atoms with Crippen LogP contribution in [0.1, 0.15) is 5.56 Å². The van der Waals surface area contributed by atoms with Gasteiger partial charge in [0.15, 0.2) is 0 Å². The van der Waals surface area contributed by atoms with Gasteiger partial charge in [-0.05, 0) is 35.9 Å². The van der Waals surface area contributed by atoms with Crippen LogP contribution in [0.2, 0.25) is 0 Å². The molecule has 2 aromatic carbocycles. The Morgan fingerprint density at radius 1 is 1.10 bits per heavy atom. The van der Waals surface area contributed by atoms with E-state index < -0.39 is 9.84 Å². The summed E-state index contributed by atoms with van der Waals surface area (Å²) in [7, 11) is -3.78. The number of halogens is 1. The minimum absolute atomic E-state index is 0.114. The maximum Gasteiger partial charge on any atom is 0.216 e. The summed E-state index contributed by atoms with van der Waals surface area (Å²) < 4.78 is 25.5. The van der Waals surface area contributed by atoms with Gasteiger partial charge in [-0.2, -0.15) is 5.26 Å². The Labute approximate surface area is 126 Å². The lowest BCUT2D eigenvalue weighted by molar-refractivity contribution is 0.603. The molecule has 2 aromatic rings. The van der Waals surface area contributed by atoms with Crippen LogP contribution < -0.4 is 0 Å². The van der Waals surface area contributed by atoms with Crippen LogP contribution in [-0.2, 0) is 9.84 Å². The number of hydrogen-bond acceptors (Lipinski definition) is 3. The molecule has 0 aliphatic heterocycles. The van der Waals surface area contributed by atoms with E-state index >= 15 is 0 Å². The number of nitrogens with zero attached hydrogens (tertiary/aromatic N) is 1. The Hall–Kier alpha value is -1.90. The highest BCUT2D eigenvalue weighted by Crippen LogP contribution is 2.22. The Morgan fingerprint density at radius 3 is 2.40 bits per heavy atom. The third-order valence-corrected chi connectivity index (χ3v) is 4.77. The molecule has 0 saturated carbocycles. The quantitative estimate of drug-likeness (QED) is 0.793. The van der Waals surface area contributed by atoms with Crippen LogP contribution in [0.5, 0.6) is 0 Å². The molecule has 0 saturated heterocycles. The molecule has 0 aliphatic rings. The maximum absolute atomic E-state index is 12.4. The van der Waals surface area contributed by atoms with Crippen molar-refractivity contribution in [3.8, 4) is 6.07 Å². The summed E-state index contributed by atoms with van der Waals surface area (Å²) >= 11 is 3.31. The molecule has 0 unspecified atom stereocenters. The lowest BCUT2D eigenvalue weighted by Gasteiger charge is -2.03. The molecule has 20 heavy (non-hydrogen) atoms. The summed E-state index contributed by atoms with van der Waals surface area (Å²) in [5.41, 5.74) is 0.649. The molecule has 0 fully saturated rings. The average Bonchev–Trinajstić information content (AvgIpc) is 2.45. The second-order valence-electron chi connectivity index (χ2n) is 3.99. The standard InChI is InChI=1S/C15H10BrNO2S/c16-13-6-4-5-12(9-13)10-15(11-17)20(18,19)14-7-2-1-3-8-14/h1-10H/b15-10-. The van der Waals surface area contributed by atoms with Crippen molar-refractivity contribution in [2.45, 2.75) is 4.90 Å². The molecule has 2 rings (SSSR count). The van der Waals surface area contributed by atoms with Crippen molar-refractivity contribution in [3.63, 3.8) is 0 Å². The number of nitriles is 1. The fraction of sp³-hybridized carbons (Fsp3) is 0. The van der Waals surface area contributed by atoms with Gasteiger partial charge in [0, 0.05) is 4.47 Å². The van der Waals surface area contributed by atoms with Crippen molar-refractivity contribution in [3.05, 3.63) is 69.5 Å². The van der Waals surface area contributed by atoms with Crippen LogP contribution in [0.3, 0.4) is 0 Å². The van der Waals surface area contributed by atoms with Crippen LogP contribution in [0.15, 0.2) is 68.9 Å². The second kappa shape index (κ2) is 6.04. The molecule has 0 aromatic heterocycles. The number of hydrogen-bond donors (Lipinski definition) is 0. The first kappa shape index (κ1) is 14.5. The first-order valence-electron chi connectivity index (χ1n) is 5.71. The molecular weight excluding hydrogens is 338 g/mol. The van der Waals surface area contributed by atoms with E-state index in [1.807, 2.05) is 6.07 Å². The van der Waals surface area contributed by atoms with Crippen LogP contribution in [-0.4, -0.2) is 8.42 Å². The summed E-state index contributed by atoms with van der Waals surface area (Å²) in [4.78, 5) is -0.162. The van der Waals surface area contributed by atoms with Gasteiger partial charge in [0.05, 0.1) is 4.90 Å². The number of sulfone groups is 1. The molecule has 0 aliphatic carbocycles. The Bertz CT molecular complexity index is 790. The zero-order valence-electron chi connectivity index (χ0n) is 10.3. The van der Waals surface area contributed by atoms with Gasteiger partial charge in [-0.3, -0.25) is 0 Å². The summed E-state index contributed by atoms with van der Waals surface area (Å²) in [6.45, 7) is 0. The number of allylic oxidation sites excluding steroid dienone is 1. The summed E-state index contributed by atoms with van der Waals surface area (Å²) in [6, 6.07) is 16.8. The van der Waals surface area contributed by atoms with Crippen molar-refractivity contribution < 1.29 is 8.42 Å². The average molecular weight is 348 g/mol. The number of benzene rings is 2. The van der Waals surface area contributed by atoms with Crippen molar-refractivity contribution >= 4 is 31.8 Å². The predicted octanol–water partition coefficient (Wildman–Crippen LogP) is 3.79. The van der Waals surface area contributed by atoms with Gasteiger partial charge in [-0.15, -0.1) is 0 Å². The van der Waals surface area contributed by atoms with E-state index in [9.17, 15) is 8.42 Å². The monoisotopic (exact) mass is 347 g/mol. The molecule has 0 spiro atoms. The minimum atomic E-state index is -3.78. The molecule has 0 bridgehead atoms. The summed E-state index contributed by atoms with van der Waals surface area (Å²) in [6.07, 6.45) is 1.37. The van der Waals surface area contributed by atoms with Crippen molar-refractivity contribution in [1.29, 1.82) is 5.26 Å². The van der Waals surface area contributed by atoms with Gasteiger partial charge < -0.3 is 0 Å². The third kappa shape index (κ3) is 3.16. The molecule has 5 heteroatoms. The minimum Gasteiger partial charge on any atom is -0.218 e. The van der Waals surface area contributed by atoms with Crippen LogP contribution in [0, 0.1) is 11.3 Å². The molecule has 0 amide bonds. The van der Waals surface area contributed by atoms with Gasteiger partial charge in [0.2, 0.25) is 9.84 Å². The zero-order chi connectivity index (χ0) is 14.6. The van der Waals surface area contributed by atoms with Gasteiger partial charge in [-0.1, -0.05) is 46.3 Å². The van der Waals surface area contributed by atoms with Gasteiger partial charge in [-0.25, -0.2) is 8.42 Å². The molecule has 0 N–H and O–H groups in total. The molecular formula is C15H10BrNO2S. The Balaban J connectivity index is 2.51. The molecule has 3 nitrogen and oxygen atoms in total. The zero-order valence-corrected chi connectivity index (χ0v) is 12.7. The largest absolute Gasteiger partial charge is 0.218 e. The van der Waals surface area contributed by atoms with E-state index in [2.05, 4.69) is 15.9 Å². The highest BCUT2D eigenvalue weighted by molar-refractivity contribution is 9.10. The highest BCUT2D eigenvalue weighted by Gasteiger charge is 2.20. The van der Waals surface area contributed by atoms with E-state index in [-0.39, 0.29) is 9.80 Å². The molecule has 100 valence electrons. The van der Waals surface area contributed by atoms with E-state index in [1.165, 1.54) is 18.2 Å². The Kier molecular flexibility index (Phi) is 4.38. The van der Waals surface area contributed by atoms with E-state index in [4.69, 9.17) is 5.26 Å². The lowest BCUT2D eigenvalue weighted by Crippen LogP contribution is -2.03. The van der Waals surface area contributed by atoms with E-state index in [0.717, 1.165) is 4.47 Å². The SMILES string of the molecule is N#C/C(=C/c1cccc(Br)c1)S(=O)(=O)c1ccccc1. The van der Waals surface area contributed by atoms with Gasteiger partial charge in [0.1, 0.15) is 11.0 Å². The topological polar surface area (TPSA) is 57.9 Å². The number of rotatable bonds is 3. The molecule has 0 radical (unpaired) electrons. The van der Waals surface area contributed by atoms with Gasteiger partial charge in [0.25, 0.3) is 0 Å². The summed E-state index contributed by atoms with van der Waals surface area (Å²) in [5, 5.41) is 9.14. The normalized spacial score (nSPS) is 11.9. The lowest BCUT2D eigenvalue weighted by atomic mass is 10.2. The van der Waals surface area contributed by atoms with E-state index in [1.54, 1.807) is 42.5 Å². The second-order valence-corrected chi connectivity index (χ2v) is 6.83. The first-order chi connectivity index (χ1) is 9.54. The maximum atomic E-state index is 12.4. The first-order valence-corrected chi connectivity index (χ1v) is 7.99. The molecule has 0 heterocycles. The predicted molar refractivity (Wildman–Crippen MR) is 81.4 cm³/mol.